The first-order valence-corrected chi connectivity index (χ1v) is 5.99. The number of carbonyl (C=O) groups excluding carboxylic acids is 1. The summed E-state index contributed by atoms with van der Waals surface area (Å²) in [6, 6.07) is 1.94. The van der Waals surface area contributed by atoms with Gasteiger partial charge in [-0.15, -0.1) is 0 Å². The van der Waals surface area contributed by atoms with Crippen molar-refractivity contribution < 1.29 is 4.79 Å². The van der Waals surface area contributed by atoms with E-state index >= 15 is 0 Å². The minimum Gasteiger partial charge on any atom is -0.356 e. The first-order valence-electron chi connectivity index (χ1n) is 5.99. The van der Waals surface area contributed by atoms with Gasteiger partial charge in [-0.05, 0) is 40.1 Å². The van der Waals surface area contributed by atoms with Crippen LogP contribution < -0.4 is 5.32 Å². The third-order valence-electron chi connectivity index (χ3n) is 2.58. The normalized spacial score (nSPS) is 10.8. The molecule has 0 fully saturated rings. The highest BCUT2D eigenvalue weighted by Crippen LogP contribution is 1.97. The molecule has 0 radical (unpaired) electrons. The molecule has 0 spiro atoms. The van der Waals surface area contributed by atoms with Crippen molar-refractivity contribution in [3.63, 3.8) is 0 Å². The van der Waals surface area contributed by atoms with E-state index in [1.807, 2.05) is 31.8 Å². The predicted molar refractivity (Wildman–Crippen MR) is 67.8 cm³/mol. The molecule has 96 valence electrons. The van der Waals surface area contributed by atoms with Crippen LogP contribution in [0.4, 0.5) is 0 Å². The highest BCUT2D eigenvalue weighted by atomic mass is 16.1. The van der Waals surface area contributed by atoms with Crippen molar-refractivity contribution >= 4 is 5.91 Å². The Morgan fingerprint density at radius 2 is 2.29 bits per heavy atom. The summed E-state index contributed by atoms with van der Waals surface area (Å²) in [7, 11) is 4.06. The van der Waals surface area contributed by atoms with E-state index in [0.717, 1.165) is 25.2 Å². The fourth-order valence-corrected chi connectivity index (χ4v) is 1.55. The van der Waals surface area contributed by atoms with E-state index in [9.17, 15) is 4.79 Å². The number of amides is 1. The first kappa shape index (κ1) is 13.7. The van der Waals surface area contributed by atoms with Gasteiger partial charge in [-0.25, -0.2) is 0 Å². The molecular formula is C12H22N4O. The number of aromatic nitrogens is 2. The van der Waals surface area contributed by atoms with Crippen LogP contribution >= 0.6 is 0 Å². The van der Waals surface area contributed by atoms with Gasteiger partial charge in [0.2, 0.25) is 5.91 Å². The molecule has 0 unspecified atom stereocenters. The summed E-state index contributed by atoms with van der Waals surface area (Å²) >= 11 is 0. The molecule has 1 aromatic rings. The Morgan fingerprint density at radius 3 is 2.88 bits per heavy atom. The Balaban J connectivity index is 2.11. The maximum absolute atomic E-state index is 11.5. The van der Waals surface area contributed by atoms with Crippen molar-refractivity contribution in [1.82, 2.24) is 20.0 Å². The van der Waals surface area contributed by atoms with Crippen LogP contribution in [-0.4, -0.2) is 47.8 Å². The molecule has 0 saturated heterocycles. The number of nitrogens with one attached hydrogen (secondary N) is 1. The standard InChI is InChI=1S/C12H22N4O/c1-11-5-8-14-16(11)10-6-12(17)13-7-4-9-15(2)3/h5,8H,4,6-7,9-10H2,1-3H3,(H,13,17). The lowest BCUT2D eigenvalue weighted by Gasteiger charge is -2.10. The van der Waals surface area contributed by atoms with Crippen molar-refractivity contribution in [2.45, 2.75) is 26.3 Å². The molecule has 1 amide bonds. The minimum atomic E-state index is 0.0960. The topological polar surface area (TPSA) is 50.2 Å². The van der Waals surface area contributed by atoms with E-state index < -0.39 is 0 Å². The average molecular weight is 238 g/mol. The number of aryl methyl sites for hydroxylation is 2. The molecule has 5 nitrogen and oxygen atoms in total. The van der Waals surface area contributed by atoms with Gasteiger partial charge in [-0.2, -0.15) is 5.10 Å². The lowest BCUT2D eigenvalue weighted by atomic mass is 10.3. The zero-order valence-electron chi connectivity index (χ0n) is 10.9. The number of nitrogens with zero attached hydrogens (tertiary/aromatic N) is 3. The van der Waals surface area contributed by atoms with E-state index in [1.54, 1.807) is 6.20 Å². The Morgan fingerprint density at radius 1 is 1.53 bits per heavy atom. The number of rotatable bonds is 7. The summed E-state index contributed by atoms with van der Waals surface area (Å²) in [5.74, 6) is 0.0960. The molecule has 5 heteroatoms. The third-order valence-corrected chi connectivity index (χ3v) is 2.58. The van der Waals surface area contributed by atoms with Gasteiger partial charge >= 0.3 is 0 Å². The van der Waals surface area contributed by atoms with Crippen molar-refractivity contribution in [1.29, 1.82) is 0 Å². The van der Waals surface area contributed by atoms with Gasteiger partial charge in [0, 0.05) is 31.4 Å². The fourth-order valence-electron chi connectivity index (χ4n) is 1.55. The van der Waals surface area contributed by atoms with E-state index in [2.05, 4.69) is 15.3 Å². The maximum Gasteiger partial charge on any atom is 0.221 e. The summed E-state index contributed by atoms with van der Waals surface area (Å²) in [6.45, 7) is 4.38. The molecule has 0 saturated carbocycles. The Hall–Kier alpha value is -1.36. The van der Waals surface area contributed by atoms with Crippen LogP contribution in [0.3, 0.4) is 0 Å². The summed E-state index contributed by atoms with van der Waals surface area (Å²) in [5.41, 5.74) is 1.09. The van der Waals surface area contributed by atoms with E-state index in [1.165, 1.54) is 0 Å². The number of hydrogen-bond acceptors (Lipinski definition) is 3. The quantitative estimate of drug-likeness (QED) is 0.710. The van der Waals surface area contributed by atoms with Crippen LogP contribution in [0.15, 0.2) is 12.3 Å². The lowest BCUT2D eigenvalue weighted by molar-refractivity contribution is -0.121. The zero-order chi connectivity index (χ0) is 12.7. The second-order valence-electron chi connectivity index (χ2n) is 4.45. The van der Waals surface area contributed by atoms with Crippen molar-refractivity contribution in [2.75, 3.05) is 27.2 Å². The molecule has 0 aromatic carbocycles. The van der Waals surface area contributed by atoms with E-state index in [-0.39, 0.29) is 5.91 Å². The van der Waals surface area contributed by atoms with Gasteiger partial charge in [0.1, 0.15) is 0 Å². The summed E-state index contributed by atoms with van der Waals surface area (Å²) in [6.07, 6.45) is 3.23. The molecular weight excluding hydrogens is 216 g/mol. The minimum absolute atomic E-state index is 0.0960. The second-order valence-corrected chi connectivity index (χ2v) is 4.45. The lowest BCUT2D eigenvalue weighted by Crippen LogP contribution is -2.28. The van der Waals surface area contributed by atoms with E-state index in [4.69, 9.17) is 0 Å². The molecule has 0 atom stereocenters. The van der Waals surface area contributed by atoms with Crippen LogP contribution in [-0.2, 0) is 11.3 Å². The van der Waals surface area contributed by atoms with Gasteiger partial charge in [0.15, 0.2) is 0 Å². The predicted octanol–water partition coefficient (Wildman–Crippen LogP) is 0.650. The second kappa shape index (κ2) is 7.06. The molecule has 0 aliphatic heterocycles. The number of hydrogen-bond donors (Lipinski definition) is 1. The highest BCUT2D eigenvalue weighted by Gasteiger charge is 2.03. The van der Waals surface area contributed by atoms with Crippen LogP contribution in [0.5, 0.6) is 0 Å². The monoisotopic (exact) mass is 238 g/mol. The van der Waals surface area contributed by atoms with Gasteiger partial charge in [0.25, 0.3) is 0 Å². The summed E-state index contributed by atoms with van der Waals surface area (Å²) < 4.78 is 1.85. The van der Waals surface area contributed by atoms with Crippen molar-refractivity contribution in [2.24, 2.45) is 0 Å². The van der Waals surface area contributed by atoms with Gasteiger partial charge in [-0.1, -0.05) is 0 Å². The Bertz CT molecular complexity index is 346. The highest BCUT2D eigenvalue weighted by molar-refractivity contribution is 5.75. The molecule has 0 bridgehead atoms. The molecule has 17 heavy (non-hydrogen) atoms. The van der Waals surface area contributed by atoms with Crippen LogP contribution in [0, 0.1) is 6.92 Å². The molecule has 1 N–H and O–H groups in total. The van der Waals surface area contributed by atoms with Gasteiger partial charge in [0.05, 0.1) is 0 Å². The fraction of sp³-hybridized carbons (Fsp3) is 0.667. The van der Waals surface area contributed by atoms with Crippen LogP contribution in [0.2, 0.25) is 0 Å². The van der Waals surface area contributed by atoms with Crippen molar-refractivity contribution in [3.05, 3.63) is 18.0 Å². The largest absolute Gasteiger partial charge is 0.356 e. The molecule has 1 aromatic heterocycles. The van der Waals surface area contributed by atoms with Gasteiger partial charge < -0.3 is 10.2 Å². The summed E-state index contributed by atoms with van der Waals surface area (Å²) in [4.78, 5) is 13.6. The summed E-state index contributed by atoms with van der Waals surface area (Å²) in [5, 5.41) is 7.05. The average Bonchev–Trinajstić information content (AvgIpc) is 2.67. The van der Waals surface area contributed by atoms with Crippen LogP contribution in [0.25, 0.3) is 0 Å². The van der Waals surface area contributed by atoms with Crippen molar-refractivity contribution in [3.8, 4) is 0 Å². The first-order chi connectivity index (χ1) is 8.09. The number of carbonyl (C=O) groups is 1. The third kappa shape index (κ3) is 5.49. The zero-order valence-corrected chi connectivity index (χ0v) is 10.9. The van der Waals surface area contributed by atoms with Crippen LogP contribution in [0.1, 0.15) is 18.5 Å². The SMILES string of the molecule is Cc1ccnn1CCC(=O)NCCCN(C)C. The molecule has 0 aliphatic rings. The van der Waals surface area contributed by atoms with E-state index in [0.29, 0.717) is 13.0 Å². The smallest absolute Gasteiger partial charge is 0.221 e. The molecule has 1 heterocycles. The van der Waals surface area contributed by atoms with Gasteiger partial charge in [-0.3, -0.25) is 9.48 Å². The Kier molecular flexibility index (Phi) is 5.69. The maximum atomic E-state index is 11.5. The Labute approximate surface area is 103 Å². The molecule has 0 aliphatic carbocycles. The molecule has 1 rings (SSSR count).